The molecule has 1 N–H and O–H groups in total. The Morgan fingerprint density at radius 1 is 1.06 bits per heavy atom. The highest BCUT2D eigenvalue weighted by atomic mass is 32.2. The summed E-state index contributed by atoms with van der Waals surface area (Å²) in [4.78, 5) is 17.4. The Bertz CT molecular complexity index is 780. The molecule has 4 nitrogen and oxygen atoms in total. The van der Waals surface area contributed by atoms with Crippen LogP contribution >= 0.6 is 11.8 Å². The van der Waals surface area contributed by atoms with Gasteiger partial charge in [0.15, 0.2) is 0 Å². The number of hydrogen-bond donors (Lipinski definition) is 1. The first-order chi connectivity index (χ1) is 15.6. The summed E-state index contributed by atoms with van der Waals surface area (Å²) in [5.41, 5.74) is 1.04. The van der Waals surface area contributed by atoms with Crippen LogP contribution in [0, 0.1) is 17.7 Å². The van der Waals surface area contributed by atoms with Gasteiger partial charge in [-0.1, -0.05) is 37.8 Å². The van der Waals surface area contributed by atoms with Crippen LogP contribution in [0.25, 0.3) is 0 Å². The van der Waals surface area contributed by atoms with Gasteiger partial charge >= 0.3 is 5.97 Å². The number of nitrogens with zero attached hydrogens (tertiary/aromatic N) is 2. The lowest BCUT2D eigenvalue weighted by atomic mass is 9.83. The average Bonchev–Trinajstić information content (AvgIpc) is 3.17. The van der Waals surface area contributed by atoms with Crippen LogP contribution < -0.4 is 0 Å². The second kappa shape index (κ2) is 10.0. The number of thioether (sulfide) groups is 1. The number of hydrogen-bond acceptors (Lipinski definition) is 4. The Kier molecular flexibility index (Phi) is 7.10. The molecule has 1 aliphatic carbocycles. The van der Waals surface area contributed by atoms with E-state index < -0.39 is 12.0 Å². The normalized spacial score (nSPS) is 33.3. The van der Waals surface area contributed by atoms with Crippen LogP contribution in [-0.4, -0.2) is 70.1 Å². The molecule has 32 heavy (non-hydrogen) atoms. The summed E-state index contributed by atoms with van der Waals surface area (Å²) < 4.78 is 14.1. The summed E-state index contributed by atoms with van der Waals surface area (Å²) in [5, 5.41) is 10.2. The molecule has 4 fully saturated rings. The summed E-state index contributed by atoms with van der Waals surface area (Å²) in [6, 6.07) is 7.98. The molecule has 176 valence electrons. The van der Waals surface area contributed by atoms with Crippen molar-refractivity contribution in [3.05, 3.63) is 35.6 Å². The molecular formula is C26H37FN2O2S. The number of likely N-dealkylation sites (tertiary alicyclic amines) is 1. The number of piperidine rings is 1. The molecule has 0 aromatic heterocycles. The number of carbonyl (C=O) groups is 1. The molecule has 0 radical (unpaired) electrons. The second-order valence-corrected chi connectivity index (χ2v) is 11.6. The molecule has 1 saturated carbocycles. The highest BCUT2D eigenvalue weighted by Gasteiger charge is 2.45. The predicted octanol–water partition coefficient (Wildman–Crippen LogP) is 4.84. The van der Waals surface area contributed by atoms with E-state index >= 15 is 0 Å². The van der Waals surface area contributed by atoms with Gasteiger partial charge in [-0.3, -0.25) is 14.6 Å². The number of carboxylic acid groups (broad SMARTS) is 1. The van der Waals surface area contributed by atoms with Crippen LogP contribution in [0.4, 0.5) is 4.39 Å². The van der Waals surface area contributed by atoms with Crippen molar-refractivity contribution in [2.24, 2.45) is 11.8 Å². The van der Waals surface area contributed by atoms with Gasteiger partial charge in [-0.25, -0.2) is 4.39 Å². The highest BCUT2D eigenvalue weighted by molar-refractivity contribution is 7.99. The maximum absolute atomic E-state index is 14.1. The fourth-order valence-corrected chi connectivity index (χ4v) is 8.42. The molecule has 4 aliphatic rings. The van der Waals surface area contributed by atoms with Crippen molar-refractivity contribution in [3.8, 4) is 0 Å². The van der Waals surface area contributed by atoms with E-state index in [1.165, 1.54) is 43.3 Å². The van der Waals surface area contributed by atoms with Crippen LogP contribution in [0.3, 0.4) is 0 Å². The molecule has 2 unspecified atom stereocenters. The van der Waals surface area contributed by atoms with E-state index in [0.29, 0.717) is 18.0 Å². The zero-order chi connectivity index (χ0) is 22.1. The van der Waals surface area contributed by atoms with Crippen molar-refractivity contribution in [2.45, 2.75) is 75.4 Å². The Morgan fingerprint density at radius 2 is 1.81 bits per heavy atom. The Labute approximate surface area is 195 Å². The molecule has 1 aromatic carbocycles. The van der Waals surface area contributed by atoms with Gasteiger partial charge in [0.2, 0.25) is 0 Å². The zero-order valence-electron chi connectivity index (χ0n) is 19.0. The standard InChI is InChI=1S/C26H37FN2O2S/c27-21-9-4-8-19(12-21)24-15-28(25(26(30)31)18-6-2-1-3-7-18)13-20(24)14-29-22-10-5-11-23(29)17-32-16-22/h4,8-9,12,18,20,22-25H,1-3,5-7,10-11,13-17H2,(H,30,31)/t20-,22?,23?,24-,25-/m1/s1. The van der Waals surface area contributed by atoms with Gasteiger partial charge < -0.3 is 5.11 Å². The summed E-state index contributed by atoms with van der Waals surface area (Å²) >= 11 is 2.10. The lowest BCUT2D eigenvalue weighted by Gasteiger charge is -2.47. The van der Waals surface area contributed by atoms with E-state index in [4.69, 9.17) is 0 Å². The molecule has 6 heteroatoms. The van der Waals surface area contributed by atoms with Crippen LogP contribution in [0.15, 0.2) is 24.3 Å². The molecule has 5 atom stereocenters. The lowest BCUT2D eigenvalue weighted by Crippen LogP contribution is -2.54. The third-order valence-electron chi connectivity index (χ3n) is 8.57. The van der Waals surface area contributed by atoms with Gasteiger partial charge in [-0.2, -0.15) is 11.8 Å². The Morgan fingerprint density at radius 3 is 2.50 bits per heavy atom. The monoisotopic (exact) mass is 460 g/mol. The first-order valence-electron chi connectivity index (χ1n) is 12.7. The maximum Gasteiger partial charge on any atom is 0.321 e. The van der Waals surface area contributed by atoms with Crippen molar-refractivity contribution < 1.29 is 14.3 Å². The van der Waals surface area contributed by atoms with Crippen molar-refractivity contribution in [2.75, 3.05) is 31.1 Å². The molecular weight excluding hydrogens is 423 g/mol. The van der Waals surface area contributed by atoms with Crippen molar-refractivity contribution in [3.63, 3.8) is 0 Å². The first kappa shape index (κ1) is 22.7. The van der Waals surface area contributed by atoms with E-state index in [9.17, 15) is 14.3 Å². The fraction of sp³-hybridized carbons (Fsp3) is 0.731. The smallest absolute Gasteiger partial charge is 0.321 e. The van der Waals surface area contributed by atoms with Gasteiger partial charge in [0, 0.05) is 49.1 Å². The van der Waals surface area contributed by atoms with E-state index in [1.54, 1.807) is 6.07 Å². The van der Waals surface area contributed by atoms with E-state index in [1.807, 2.05) is 12.1 Å². The van der Waals surface area contributed by atoms with Gasteiger partial charge in [0.25, 0.3) is 0 Å². The summed E-state index contributed by atoms with van der Waals surface area (Å²) in [6.45, 7) is 2.57. The average molecular weight is 461 g/mol. The highest BCUT2D eigenvalue weighted by Crippen LogP contribution is 2.41. The van der Waals surface area contributed by atoms with Gasteiger partial charge in [-0.05, 0) is 55.2 Å². The quantitative estimate of drug-likeness (QED) is 0.658. The third kappa shape index (κ3) is 4.74. The molecule has 0 amide bonds. The second-order valence-electron chi connectivity index (χ2n) is 10.5. The number of rotatable bonds is 6. The van der Waals surface area contributed by atoms with E-state index in [0.717, 1.165) is 50.9 Å². The summed E-state index contributed by atoms with van der Waals surface area (Å²) in [7, 11) is 0. The van der Waals surface area contributed by atoms with E-state index in [-0.39, 0.29) is 17.7 Å². The number of aliphatic carboxylic acids is 1. The fourth-order valence-electron chi connectivity index (χ4n) is 7.02. The van der Waals surface area contributed by atoms with E-state index in [2.05, 4.69) is 21.6 Å². The van der Waals surface area contributed by atoms with Crippen molar-refractivity contribution in [1.29, 1.82) is 0 Å². The minimum Gasteiger partial charge on any atom is -0.480 e. The number of fused-ring (bicyclic) bond motifs is 2. The maximum atomic E-state index is 14.1. The molecule has 1 aromatic rings. The van der Waals surface area contributed by atoms with Gasteiger partial charge in [0.05, 0.1) is 0 Å². The van der Waals surface area contributed by atoms with Crippen molar-refractivity contribution in [1.82, 2.24) is 9.80 Å². The minimum absolute atomic E-state index is 0.187. The topological polar surface area (TPSA) is 43.8 Å². The van der Waals surface area contributed by atoms with Gasteiger partial charge in [0.1, 0.15) is 11.9 Å². The molecule has 2 bridgehead atoms. The molecule has 3 saturated heterocycles. The molecule has 0 spiro atoms. The minimum atomic E-state index is -0.665. The summed E-state index contributed by atoms with van der Waals surface area (Å²) in [6.07, 6.45) is 9.47. The van der Waals surface area contributed by atoms with Crippen LogP contribution in [0.1, 0.15) is 62.8 Å². The Balaban J connectivity index is 1.39. The largest absolute Gasteiger partial charge is 0.480 e. The van der Waals surface area contributed by atoms with Crippen LogP contribution in [0.5, 0.6) is 0 Å². The van der Waals surface area contributed by atoms with Crippen LogP contribution in [0.2, 0.25) is 0 Å². The lowest BCUT2D eigenvalue weighted by molar-refractivity contribution is -0.145. The number of halogens is 1. The van der Waals surface area contributed by atoms with Crippen LogP contribution in [-0.2, 0) is 4.79 Å². The Hall–Kier alpha value is -1.11. The van der Waals surface area contributed by atoms with Gasteiger partial charge in [-0.15, -0.1) is 0 Å². The molecule has 3 heterocycles. The third-order valence-corrected chi connectivity index (χ3v) is 9.81. The number of carboxylic acids is 1. The SMILES string of the molecule is O=C(O)[C@@H](C1CCCCC1)N1C[C@H](CN2C3CCCC2CSC3)[C@@H](c2cccc(F)c2)C1. The molecule has 3 aliphatic heterocycles. The molecule has 5 rings (SSSR count). The number of benzene rings is 1. The van der Waals surface area contributed by atoms with Crippen molar-refractivity contribution >= 4 is 17.7 Å². The zero-order valence-corrected chi connectivity index (χ0v) is 19.8. The predicted molar refractivity (Wildman–Crippen MR) is 128 cm³/mol. The summed E-state index contributed by atoms with van der Waals surface area (Å²) in [5.74, 6) is 2.39. The first-order valence-corrected chi connectivity index (χ1v) is 13.8.